The topological polar surface area (TPSA) is 44.8 Å². The fourth-order valence-electron chi connectivity index (χ4n) is 2.09. The average Bonchev–Trinajstić information content (AvgIpc) is 2.83. The Kier molecular flexibility index (Phi) is 3.55. The van der Waals surface area contributed by atoms with Gasteiger partial charge in [-0.05, 0) is 35.8 Å². The molecule has 18 heavy (non-hydrogen) atoms. The zero-order chi connectivity index (χ0) is 13.1. The van der Waals surface area contributed by atoms with E-state index in [4.69, 9.17) is 14.2 Å². The quantitative estimate of drug-likeness (QED) is 0.821. The highest BCUT2D eigenvalue weighted by Gasteiger charge is 2.18. The first-order valence-corrected chi connectivity index (χ1v) is 5.73. The van der Waals surface area contributed by atoms with Gasteiger partial charge in [-0.15, -0.1) is 0 Å². The number of hydrogen-bond donors (Lipinski definition) is 0. The summed E-state index contributed by atoms with van der Waals surface area (Å²) in [5.41, 5.74) is 1.95. The van der Waals surface area contributed by atoms with E-state index < -0.39 is 0 Å². The normalized spacial score (nSPS) is 14.4. The number of allylic oxidation sites excluding steroid dienone is 2. The van der Waals surface area contributed by atoms with Crippen molar-refractivity contribution >= 4 is 11.4 Å². The smallest absolute Gasteiger partial charge is 0.203 e. The third kappa shape index (κ3) is 2.18. The molecule has 0 atom stereocenters. The number of ketones is 1. The third-order valence-corrected chi connectivity index (χ3v) is 3.01. The summed E-state index contributed by atoms with van der Waals surface area (Å²) in [6, 6.07) is 3.73. The van der Waals surface area contributed by atoms with Crippen molar-refractivity contribution in [1.82, 2.24) is 0 Å². The van der Waals surface area contributed by atoms with E-state index in [-0.39, 0.29) is 5.78 Å². The molecule has 0 saturated heterocycles. The molecule has 0 N–H and O–H groups in total. The number of rotatable bonds is 4. The number of methoxy groups -OCH3 is 3. The third-order valence-electron chi connectivity index (χ3n) is 3.01. The van der Waals surface area contributed by atoms with Crippen molar-refractivity contribution < 1.29 is 19.0 Å². The van der Waals surface area contributed by atoms with Gasteiger partial charge in [0.25, 0.3) is 0 Å². The van der Waals surface area contributed by atoms with E-state index in [1.165, 1.54) is 0 Å². The fourth-order valence-corrected chi connectivity index (χ4v) is 2.09. The lowest BCUT2D eigenvalue weighted by Crippen LogP contribution is -1.96. The standard InChI is InChI=1S/C14H16O4/c1-16-12-7-10(9-4-5-11(15)6-9)8-13(17-2)14(12)18-3/h6-8H,4-5H2,1-3H3. The highest BCUT2D eigenvalue weighted by atomic mass is 16.5. The molecule has 0 fully saturated rings. The molecule has 2 rings (SSSR count). The van der Waals surface area contributed by atoms with E-state index in [1.54, 1.807) is 27.4 Å². The Bertz CT molecular complexity index is 478. The molecule has 1 aromatic rings. The van der Waals surface area contributed by atoms with E-state index in [1.807, 2.05) is 12.1 Å². The summed E-state index contributed by atoms with van der Waals surface area (Å²) in [5.74, 6) is 1.94. The maximum absolute atomic E-state index is 11.3. The average molecular weight is 248 g/mol. The predicted molar refractivity (Wildman–Crippen MR) is 68.3 cm³/mol. The lowest BCUT2D eigenvalue weighted by Gasteiger charge is -2.14. The Hall–Kier alpha value is -1.97. The van der Waals surface area contributed by atoms with Crippen LogP contribution in [0.1, 0.15) is 18.4 Å². The van der Waals surface area contributed by atoms with Gasteiger partial charge in [0, 0.05) is 6.42 Å². The lowest BCUT2D eigenvalue weighted by molar-refractivity contribution is -0.114. The van der Waals surface area contributed by atoms with Crippen LogP contribution in [0, 0.1) is 0 Å². The van der Waals surface area contributed by atoms with Crippen molar-refractivity contribution in [2.75, 3.05) is 21.3 Å². The van der Waals surface area contributed by atoms with Gasteiger partial charge in [0.1, 0.15) is 0 Å². The number of carbonyl (C=O) groups is 1. The second-order valence-corrected chi connectivity index (χ2v) is 4.05. The fraction of sp³-hybridized carbons (Fsp3) is 0.357. The number of hydrogen-bond acceptors (Lipinski definition) is 4. The summed E-state index contributed by atoms with van der Waals surface area (Å²) in [7, 11) is 4.73. The Morgan fingerprint density at radius 2 is 1.56 bits per heavy atom. The first kappa shape index (κ1) is 12.5. The molecular weight excluding hydrogens is 232 g/mol. The van der Waals surface area contributed by atoms with Gasteiger partial charge in [-0.2, -0.15) is 0 Å². The predicted octanol–water partition coefficient (Wildman–Crippen LogP) is 2.46. The minimum absolute atomic E-state index is 0.166. The van der Waals surface area contributed by atoms with Crippen LogP contribution in [0.15, 0.2) is 18.2 Å². The molecule has 0 aliphatic heterocycles. The summed E-state index contributed by atoms with van der Waals surface area (Å²) in [4.78, 5) is 11.3. The molecular formula is C14H16O4. The van der Waals surface area contributed by atoms with Crippen molar-refractivity contribution in [1.29, 1.82) is 0 Å². The van der Waals surface area contributed by atoms with Gasteiger partial charge in [0.15, 0.2) is 17.3 Å². The van der Waals surface area contributed by atoms with E-state index in [9.17, 15) is 4.79 Å². The largest absolute Gasteiger partial charge is 0.493 e. The van der Waals surface area contributed by atoms with E-state index in [0.29, 0.717) is 23.7 Å². The minimum Gasteiger partial charge on any atom is -0.493 e. The van der Waals surface area contributed by atoms with Crippen molar-refractivity contribution in [3.05, 3.63) is 23.8 Å². The second-order valence-electron chi connectivity index (χ2n) is 4.05. The maximum atomic E-state index is 11.3. The summed E-state index contributed by atoms with van der Waals surface area (Å²) in [6.45, 7) is 0. The maximum Gasteiger partial charge on any atom is 0.203 e. The molecule has 0 spiro atoms. The number of carbonyl (C=O) groups excluding carboxylic acids is 1. The molecule has 1 aliphatic rings. The molecule has 0 amide bonds. The Morgan fingerprint density at radius 3 is 1.94 bits per heavy atom. The van der Waals surface area contributed by atoms with Crippen LogP contribution in [0.3, 0.4) is 0 Å². The molecule has 0 radical (unpaired) electrons. The van der Waals surface area contributed by atoms with E-state index in [0.717, 1.165) is 17.6 Å². The number of ether oxygens (including phenoxy) is 3. The number of benzene rings is 1. The van der Waals surface area contributed by atoms with Crippen molar-refractivity contribution in [3.63, 3.8) is 0 Å². The molecule has 0 unspecified atom stereocenters. The Balaban J connectivity index is 2.50. The summed E-state index contributed by atoms with van der Waals surface area (Å²) in [6.07, 6.45) is 3.02. The highest BCUT2D eigenvalue weighted by Crippen LogP contribution is 2.41. The second kappa shape index (κ2) is 5.12. The molecule has 0 heterocycles. The van der Waals surface area contributed by atoms with Gasteiger partial charge < -0.3 is 14.2 Å². The van der Waals surface area contributed by atoms with Crippen LogP contribution in [0.4, 0.5) is 0 Å². The van der Waals surface area contributed by atoms with Crippen molar-refractivity contribution in [2.45, 2.75) is 12.8 Å². The first-order valence-electron chi connectivity index (χ1n) is 5.73. The van der Waals surface area contributed by atoms with E-state index in [2.05, 4.69) is 0 Å². The van der Waals surface area contributed by atoms with Crippen LogP contribution in [0.25, 0.3) is 5.57 Å². The summed E-state index contributed by atoms with van der Waals surface area (Å²) in [5, 5.41) is 0. The SMILES string of the molecule is COc1cc(C2=CC(=O)CC2)cc(OC)c1OC. The minimum atomic E-state index is 0.166. The molecule has 96 valence electrons. The zero-order valence-corrected chi connectivity index (χ0v) is 10.8. The zero-order valence-electron chi connectivity index (χ0n) is 10.8. The molecule has 4 heteroatoms. The van der Waals surface area contributed by atoms with Gasteiger partial charge in [0.05, 0.1) is 21.3 Å². The Morgan fingerprint density at radius 1 is 0.944 bits per heavy atom. The Labute approximate surface area is 106 Å². The van der Waals surface area contributed by atoms with Crippen LogP contribution < -0.4 is 14.2 Å². The van der Waals surface area contributed by atoms with Crippen LogP contribution in [-0.2, 0) is 4.79 Å². The summed E-state index contributed by atoms with van der Waals surface area (Å²) < 4.78 is 15.8. The molecule has 4 nitrogen and oxygen atoms in total. The summed E-state index contributed by atoms with van der Waals surface area (Å²) >= 11 is 0. The van der Waals surface area contributed by atoms with Gasteiger partial charge in [-0.25, -0.2) is 0 Å². The lowest BCUT2D eigenvalue weighted by atomic mass is 10.0. The molecule has 1 aliphatic carbocycles. The molecule has 0 aromatic heterocycles. The van der Waals surface area contributed by atoms with Crippen molar-refractivity contribution in [3.8, 4) is 17.2 Å². The highest BCUT2D eigenvalue weighted by molar-refractivity contribution is 6.01. The van der Waals surface area contributed by atoms with Gasteiger partial charge in [-0.3, -0.25) is 4.79 Å². The van der Waals surface area contributed by atoms with Gasteiger partial charge in [-0.1, -0.05) is 0 Å². The van der Waals surface area contributed by atoms with Gasteiger partial charge >= 0.3 is 0 Å². The first-order chi connectivity index (χ1) is 8.69. The van der Waals surface area contributed by atoms with Crippen LogP contribution in [0.2, 0.25) is 0 Å². The van der Waals surface area contributed by atoms with E-state index >= 15 is 0 Å². The van der Waals surface area contributed by atoms with Crippen LogP contribution >= 0.6 is 0 Å². The van der Waals surface area contributed by atoms with Crippen molar-refractivity contribution in [2.24, 2.45) is 0 Å². The molecule has 0 saturated carbocycles. The van der Waals surface area contributed by atoms with Crippen LogP contribution in [0.5, 0.6) is 17.2 Å². The monoisotopic (exact) mass is 248 g/mol. The molecule has 0 bridgehead atoms. The van der Waals surface area contributed by atoms with Gasteiger partial charge in [0.2, 0.25) is 5.75 Å². The van der Waals surface area contributed by atoms with Crippen LogP contribution in [-0.4, -0.2) is 27.1 Å². The molecule has 1 aromatic carbocycles.